The molecule has 0 unspecified atom stereocenters. The van der Waals surface area contributed by atoms with Gasteiger partial charge in [-0.15, -0.1) is 0 Å². The van der Waals surface area contributed by atoms with Crippen molar-refractivity contribution < 1.29 is 19.2 Å². The number of para-hydroxylation sites is 1. The van der Waals surface area contributed by atoms with Crippen LogP contribution in [0.5, 0.6) is 0 Å². The highest BCUT2D eigenvalue weighted by molar-refractivity contribution is 6.35. The van der Waals surface area contributed by atoms with Crippen LogP contribution in [0.4, 0.5) is 10.5 Å². The summed E-state index contributed by atoms with van der Waals surface area (Å²) >= 11 is 0. The molecule has 9 heteroatoms. The Kier molecular flexibility index (Phi) is 7.16. The number of amides is 5. The molecule has 4 N–H and O–H groups in total. The minimum atomic E-state index is -0.938. The second kappa shape index (κ2) is 9.56. The molecule has 0 bridgehead atoms. The third-order valence-electron chi connectivity index (χ3n) is 4.03. The van der Waals surface area contributed by atoms with Crippen LogP contribution in [0, 0.1) is 5.92 Å². The van der Waals surface area contributed by atoms with Crippen LogP contribution in [0.2, 0.25) is 0 Å². The normalized spacial score (nSPS) is 16.4. The van der Waals surface area contributed by atoms with Crippen LogP contribution in [0.1, 0.15) is 26.7 Å². The van der Waals surface area contributed by atoms with Crippen LogP contribution in [-0.4, -0.2) is 47.8 Å². The maximum atomic E-state index is 12.4. The van der Waals surface area contributed by atoms with E-state index in [2.05, 4.69) is 21.5 Å². The number of carbonyl (C=O) groups is 4. The average Bonchev–Trinajstić information content (AvgIpc) is 2.66. The lowest BCUT2D eigenvalue weighted by atomic mass is 9.98. The van der Waals surface area contributed by atoms with E-state index in [0.717, 1.165) is 0 Å². The molecule has 9 nitrogen and oxygen atoms in total. The summed E-state index contributed by atoms with van der Waals surface area (Å²) in [6, 6.07) is 8.59. The lowest BCUT2D eigenvalue weighted by Crippen LogP contribution is -2.53. The summed E-state index contributed by atoms with van der Waals surface area (Å²) < 4.78 is 0. The Hall–Kier alpha value is -3.10. The molecular weight excluding hydrogens is 350 g/mol. The molecule has 1 atom stereocenters. The molecule has 0 spiro atoms. The number of hydrogen-bond acceptors (Lipinski definition) is 4. The average molecular weight is 375 g/mol. The number of rotatable bonds is 3. The van der Waals surface area contributed by atoms with Crippen molar-refractivity contribution in [2.75, 3.05) is 18.4 Å². The zero-order valence-corrected chi connectivity index (χ0v) is 15.5. The standard InChI is InChI=1S/C18H25N5O4/c1-12(2)19-16(25)17(26)22-21-15(24)13-7-6-10-23(11-13)18(27)20-14-8-4-3-5-9-14/h3-5,8-9,12-13H,6-7,10-11H2,1-2H3,(H,19,25)(H,20,27)(H,21,24)(H,22,26)/t13-/m0/s1. The van der Waals surface area contributed by atoms with Gasteiger partial charge in [-0.05, 0) is 38.8 Å². The van der Waals surface area contributed by atoms with Crippen LogP contribution in [0.25, 0.3) is 0 Å². The predicted octanol–water partition coefficient (Wildman–Crippen LogP) is 0.603. The number of hydrogen-bond donors (Lipinski definition) is 4. The molecule has 1 saturated heterocycles. The van der Waals surface area contributed by atoms with Gasteiger partial charge < -0.3 is 15.5 Å². The number of benzene rings is 1. The fourth-order valence-corrected chi connectivity index (χ4v) is 2.70. The highest BCUT2D eigenvalue weighted by Crippen LogP contribution is 2.18. The quantitative estimate of drug-likeness (QED) is 0.457. The first-order chi connectivity index (χ1) is 12.9. The first-order valence-electron chi connectivity index (χ1n) is 8.88. The van der Waals surface area contributed by atoms with Gasteiger partial charge in [0.25, 0.3) is 0 Å². The zero-order valence-electron chi connectivity index (χ0n) is 15.5. The van der Waals surface area contributed by atoms with E-state index in [1.54, 1.807) is 30.9 Å². The zero-order chi connectivity index (χ0) is 19.8. The largest absolute Gasteiger partial charge is 0.346 e. The second-order valence-corrected chi connectivity index (χ2v) is 6.65. The van der Waals surface area contributed by atoms with Crippen molar-refractivity contribution in [1.82, 2.24) is 21.1 Å². The molecule has 27 heavy (non-hydrogen) atoms. The molecule has 0 aromatic heterocycles. The molecule has 1 heterocycles. The molecule has 2 rings (SSSR count). The van der Waals surface area contributed by atoms with Crippen molar-refractivity contribution in [3.63, 3.8) is 0 Å². The van der Waals surface area contributed by atoms with Crippen molar-refractivity contribution >= 4 is 29.4 Å². The van der Waals surface area contributed by atoms with Gasteiger partial charge in [0.05, 0.1) is 5.92 Å². The van der Waals surface area contributed by atoms with E-state index in [-0.39, 0.29) is 18.6 Å². The molecular formula is C18H25N5O4. The van der Waals surface area contributed by atoms with Crippen LogP contribution < -0.4 is 21.5 Å². The second-order valence-electron chi connectivity index (χ2n) is 6.65. The maximum absolute atomic E-state index is 12.4. The van der Waals surface area contributed by atoms with Crippen molar-refractivity contribution in [3.05, 3.63) is 30.3 Å². The van der Waals surface area contributed by atoms with Gasteiger partial charge in [0.2, 0.25) is 5.91 Å². The molecule has 1 aliphatic heterocycles. The SMILES string of the molecule is CC(C)NC(=O)C(=O)NNC(=O)[C@H]1CCCN(C(=O)Nc2ccccc2)C1. The van der Waals surface area contributed by atoms with Crippen molar-refractivity contribution in [3.8, 4) is 0 Å². The van der Waals surface area contributed by atoms with Gasteiger partial charge in [-0.25, -0.2) is 4.79 Å². The molecule has 5 amide bonds. The number of nitrogens with one attached hydrogen (secondary N) is 4. The Morgan fingerprint density at radius 2 is 1.74 bits per heavy atom. The van der Waals surface area contributed by atoms with E-state index in [4.69, 9.17) is 0 Å². The van der Waals surface area contributed by atoms with E-state index < -0.39 is 23.6 Å². The smallest absolute Gasteiger partial charge is 0.327 e. The molecule has 0 aliphatic carbocycles. The van der Waals surface area contributed by atoms with Gasteiger partial charge in [-0.1, -0.05) is 18.2 Å². The van der Waals surface area contributed by atoms with Crippen molar-refractivity contribution in [1.29, 1.82) is 0 Å². The minimum absolute atomic E-state index is 0.186. The van der Waals surface area contributed by atoms with Crippen molar-refractivity contribution in [2.45, 2.75) is 32.7 Å². The molecule has 1 aromatic carbocycles. The summed E-state index contributed by atoms with van der Waals surface area (Å²) in [6.07, 6.45) is 1.26. The summed E-state index contributed by atoms with van der Waals surface area (Å²) in [5, 5.41) is 5.21. The third-order valence-corrected chi connectivity index (χ3v) is 4.03. The highest BCUT2D eigenvalue weighted by Gasteiger charge is 2.29. The summed E-state index contributed by atoms with van der Waals surface area (Å²) in [4.78, 5) is 49.3. The molecule has 1 aliphatic rings. The maximum Gasteiger partial charge on any atom is 0.327 e. The lowest BCUT2D eigenvalue weighted by Gasteiger charge is -2.32. The molecule has 0 saturated carbocycles. The number of piperidine rings is 1. The van der Waals surface area contributed by atoms with Gasteiger partial charge in [0, 0.05) is 24.8 Å². The number of anilines is 1. The van der Waals surface area contributed by atoms with E-state index >= 15 is 0 Å². The Labute approximate surface area is 157 Å². The molecule has 1 aromatic rings. The Balaban J connectivity index is 1.82. The van der Waals surface area contributed by atoms with Gasteiger partial charge in [0.15, 0.2) is 0 Å². The fourth-order valence-electron chi connectivity index (χ4n) is 2.70. The summed E-state index contributed by atoms with van der Waals surface area (Å²) in [6.45, 7) is 4.23. The number of urea groups is 1. The number of likely N-dealkylation sites (tertiary alicyclic amines) is 1. The monoisotopic (exact) mass is 375 g/mol. The number of hydrazine groups is 1. The van der Waals surface area contributed by atoms with Crippen molar-refractivity contribution in [2.24, 2.45) is 5.92 Å². The summed E-state index contributed by atoms with van der Waals surface area (Å²) in [5.41, 5.74) is 5.04. The highest BCUT2D eigenvalue weighted by atomic mass is 16.2. The van der Waals surface area contributed by atoms with Gasteiger partial charge in [-0.2, -0.15) is 0 Å². The van der Waals surface area contributed by atoms with E-state index in [9.17, 15) is 19.2 Å². The first-order valence-corrected chi connectivity index (χ1v) is 8.88. The van der Waals surface area contributed by atoms with Gasteiger partial charge in [0.1, 0.15) is 0 Å². The third kappa shape index (κ3) is 6.28. The summed E-state index contributed by atoms with van der Waals surface area (Å²) in [5.74, 6) is -2.66. The number of nitrogens with zero attached hydrogens (tertiary/aromatic N) is 1. The first kappa shape index (κ1) is 20.2. The van der Waals surface area contributed by atoms with Crippen LogP contribution in [-0.2, 0) is 14.4 Å². The van der Waals surface area contributed by atoms with Gasteiger partial charge >= 0.3 is 17.8 Å². The van der Waals surface area contributed by atoms with Gasteiger partial charge in [-0.3, -0.25) is 25.2 Å². The lowest BCUT2D eigenvalue weighted by molar-refractivity contribution is -0.141. The topological polar surface area (TPSA) is 120 Å². The van der Waals surface area contributed by atoms with E-state index in [0.29, 0.717) is 25.1 Å². The Morgan fingerprint density at radius 1 is 1.04 bits per heavy atom. The van der Waals surface area contributed by atoms with Crippen LogP contribution >= 0.6 is 0 Å². The minimum Gasteiger partial charge on any atom is -0.346 e. The van der Waals surface area contributed by atoms with Crippen LogP contribution in [0.3, 0.4) is 0 Å². The Bertz CT molecular complexity index is 692. The predicted molar refractivity (Wildman–Crippen MR) is 99.3 cm³/mol. The molecule has 1 fully saturated rings. The molecule has 0 radical (unpaired) electrons. The molecule has 146 valence electrons. The Morgan fingerprint density at radius 3 is 2.41 bits per heavy atom. The van der Waals surface area contributed by atoms with E-state index in [1.165, 1.54) is 0 Å². The summed E-state index contributed by atoms with van der Waals surface area (Å²) in [7, 11) is 0. The van der Waals surface area contributed by atoms with Crippen LogP contribution in [0.15, 0.2) is 30.3 Å². The fraction of sp³-hybridized carbons (Fsp3) is 0.444. The number of carbonyl (C=O) groups excluding carboxylic acids is 4. The van der Waals surface area contributed by atoms with E-state index in [1.807, 2.05) is 18.2 Å².